The van der Waals surface area contributed by atoms with Crippen LogP contribution in [0.3, 0.4) is 0 Å². The zero-order valence-corrected chi connectivity index (χ0v) is 31.7. The van der Waals surface area contributed by atoms with E-state index >= 15 is 0 Å². The third-order valence-corrected chi connectivity index (χ3v) is 11.0. The number of fused-ring (bicyclic) bond motifs is 10. The van der Waals surface area contributed by atoms with Crippen LogP contribution in [0.15, 0.2) is 196 Å². The van der Waals surface area contributed by atoms with Crippen molar-refractivity contribution in [1.82, 2.24) is 19.4 Å². The van der Waals surface area contributed by atoms with E-state index in [2.05, 4.69) is 142 Å². The first-order chi connectivity index (χ1) is 28.7. The average molecular weight is 749 g/mol. The maximum absolute atomic E-state index is 6.15. The van der Waals surface area contributed by atoms with Crippen molar-refractivity contribution < 1.29 is 4.42 Å². The van der Waals surface area contributed by atoms with Gasteiger partial charge in [-0.3, -0.25) is 14.1 Å². The zero-order chi connectivity index (χ0) is 38.6. The van der Waals surface area contributed by atoms with E-state index in [9.17, 15) is 0 Å². The third kappa shape index (κ3) is 5.47. The van der Waals surface area contributed by atoms with Crippen molar-refractivity contribution in [2.24, 2.45) is 9.98 Å². The molecule has 0 saturated heterocycles. The van der Waals surface area contributed by atoms with Crippen LogP contribution < -0.4 is 5.32 Å². The van der Waals surface area contributed by atoms with Crippen molar-refractivity contribution in [3.63, 3.8) is 0 Å². The summed E-state index contributed by atoms with van der Waals surface area (Å²) in [6.07, 6.45) is 0. The molecule has 4 aromatic heterocycles. The number of benzene rings is 7. The Kier molecular flexibility index (Phi) is 7.96. The number of furan rings is 1. The van der Waals surface area contributed by atoms with Gasteiger partial charge in [-0.2, -0.15) is 4.99 Å². The Labute approximate surface area is 333 Å². The molecule has 11 rings (SSSR count). The van der Waals surface area contributed by atoms with Gasteiger partial charge in [0, 0.05) is 50.5 Å². The minimum atomic E-state index is 0.512. The molecule has 0 unspecified atom stereocenters. The molecule has 0 fully saturated rings. The van der Waals surface area contributed by atoms with E-state index in [-0.39, 0.29) is 0 Å². The van der Waals surface area contributed by atoms with Crippen LogP contribution in [0.1, 0.15) is 11.1 Å². The molecule has 1 N–H and O–H groups in total. The molecule has 7 nitrogen and oxygen atoms in total. The van der Waals surface area contributed by atoms with E-state index in [1.165, 1.54) is 0 Å². The Balaban J connectivity index is 1.14. The maximum atomic E-state index is 6.15. The Morgan fingerprint density at radius 1 is 0.586 bits per heavy atom. The Morgan fingerprint density at radius 3 is 2.12 bits per heavy atom. The quantitative estimate of drug-likeness (QED) is 0.141. The molecule has 0 aliphatic rings. The smallest absolute Gasteiger partial charge is 0.209 e. The standard InChI is InChI=1S/C51H36N6O/c1-52-51(55-50(34-17-6-3-7-18-34)53-32-33-15-4-2-5-16-33)56-43-24-12-9-21-39(43)48-44(56)29-28-38-36-19-8-11-23-42(36)57(49(38)48)47-26-14-22-41(54-47)35-27-30-46-40(31-35)37-20-10-13-25-45(37)58-46/h2-31H,32H2,1H3,(H,52,53,55). The van der Waals surface area contributed by atoms with E-state index in [4.69, 9.17) is 19.4 Å². The monoisotopic (exact) mass is 748 g/mol. The molecule has 0 radical (unpaired) electrons. The highest BCUT2D eigenvalue weighted by Crippen LogP contribution is 2.41. The van der Waals surface area contributed by atoms with Gasteiger partial charge in [-0.1, -0.05) is 127 Å². The number of para-hydroxylation sites is 3. The molecule has 4 heterocycles. The molecule has 0 bridgehead atoms. The fourth-order valence-electron chi connectivity index (χ4n) is 8.41. The highest BCUT2D eigenvalue weighted by Gasteiger charge is 2.23. The fourth-order valence-corrected chi connectivity index (χ4v) is 8.41. The lowest BCUT2D eigenvalue weighted by atomic mass is 10.1. The van der Waals surface area contributed by atoms with Crippen molar-refractivity contribution >= 4 is 77.3 Å². The predicted molar refractivity (Wildman–Crippen MR) is 239 cm³/mol. The van der Waals surface area contributed by atoms with Crippen LogP contribution in [0.25, 0.3) is 82.6 Å². The molecule has 0 aliphatic carbocycles. The van der Waals surface area contributed by atoms with Crippen LogP contribution in [-0.2, 0) is 6.54 Å². The second-order valence-electron chi connectivity index (χ2n) is 14.4. The number of amidine groups is 1. The summed E-state index contributed by atoms with van der Waals surface area (Å²) >= 11 is 0. The minimum absolute atomic E-state index is 0.512. The van der Waals surface area contributed by atoms with Crippen molar-refractivity contribution in [2.45, 2.75) is 6.54 Å². The summed E-state index contributed by atoms with van der Waals surface area (Å²) in [6, 6.07) is 62.9. The van der Waals surface area contributed by atoms with Gasteiger partial charge < -0.3 is 9.73 Å². The summed E-state index contributed by atoms with van der Waals surface area (Å²) in [4.78, 5) is 15.8. The first-order valence-electron chi connectivity index (χ1n) is 19.5. The van der Waals surface area contributed by atoms with Gasteiger partial charge in [-0.25, -0.2) is 4.98 Å². The van der Waals surface area contributed by atoms with Crippen LogP contribution in [0.2, 0.25) is 0 Å². The Hall–Kier alpha value is -7.77. The van der Waals surface area contributed by atoms with Crippen molar-refractivity contribution in [3.8, 4) is 17.1 Å². The molecule has 0 atom stereocenters. The number of hydrogen-bond donors (Lipinski definition) is 1. The number of rotatable bonds is 5. The van der Waals surface area contributed by atoms with Crippen molar-refractivity contribution in [3.05, 3.63) is 193 Å². The number of hydrogen-bond acceptors (Lipinski definition) is 3. The van der Waals surface area contributed by atoms with Gasteiger partial charge in [-0.15, -0.1) is 0 Å². The number of aliphatic imine (C=N–C) groups is 2. The first kappa shape index (κ1) is 33.6. The molecule has 0 aliphatic heterocycles. The summed E-state index contributed by atoms with van der Waals surface area (Å²) in [6.45, 7) is 0.512. The lowest BCUT2D eigenvalue weighted by molar-refractivity contribution is 0.669. The highest BCUT2D eigenvalue weighted by molar-refractivity contribution is 6.28. The van der Waals surface area contributed by atoms with Crippen LogP contribution in [0.5, 0.6) is 0 Å². The lowest BCUT2D eigenvalue weighted by Crippen LogP contribution is -2.28. The van der Waals surface area contributed by atoms with Gasteiger partial charge >= 0.3 is 0 Å². The second kappa shape index (κ2) is 13.8. The average Bonchev–Trinajstić information content (AvgIpc) is 3.95. The van der Waals surface area contributed by atoms with Crippen molar-refractivity contribution in [1.29, 1.82) is 0 Å². The van der Waals surface area contributed by atoms with Crippen LogP contribution in [-0.4, -0.2) is 33.0 Å². The number of nitrogens with zero attached hydrogens (tertiary/aromatic N) is 5. The van der Waals surface area contributed by atoms with Crippen molar-refractivity contribution in [2.75, 3.05) is 7.05 Å². The first-order valence-corrected chi connectivity index (χ1v) is 19.5. The Morgan fingerprint density at radius 2 is 1.29 bits per heavy atom. The Bertz CT molecular complexity index is 3410. The van der Waals surface area contributed by atoms with E-state index in [0.29, 0.717) is 18.3 Å². The summed E-state index contributed by atoms with van der Waals surface area (Å²) in [5.41, 5.74) is 9.97. The van der Waals surface area contributed by atoms with E-state index in [1.54, 1.807) is 0 Å². The summed E-state index contributed by atoms with van der Waals surface area (Å²) in [7, 11) is 1.92. The van der Waals surface area contributed by atoms with Crippen LogP contribution in [0, 0.1) is 0 Å². The second-order valence-corrected chi connectivity index (χ2v) is 14.4. The van der Waals surface area contributed by atoms with Gasteiger partial charge in [0.15, 0.2) is 5.84 Å². The molecular formula is C51H36N6O. The number of pyridine rings is 1. The largest absolute Gasteiger partial charge is 0.456 e. The summed E-state index contributed by atoms with van der Waals surface area (Å²) in [5, 5.41) is 10.2. The summed E-state index contributed by atoms with van der Waals surface area (Å²) < 4.78 is 10.7. The number of nitrogens with one attached hydrogen (secondary N) is 1. The normalized spacial score (nSPS) is 12.5. The van der Waals surface area contributed by atoms with Crippen LogP contribution in [0.4, 0.5) is 0 Å². The molecule has 276 valence electrons. The highest BCUT2D eigenvalue weighted by atomic mass is 16.3. The van der Waals surface area contributed by atoms with E-state index < -0.39 is 0 Å². The third-order valence-electron chi connectivity index (χ3n) is 11.0. The number of aromatic nitrogens is 3. The van der Waals surface area contributed by atoms with Gasteiger partial charge in [0.25, 0.3) is 0 Å². The molecule has 0 spiro atoms. The molecule has 0 amide bonds. The molecule has 11 aromatic rings. The van der Waals surface area contributed by atoms with E-state index in [0.717, 1.165) is 93.8 Å². The topological polar surface area (TPSA) is 72.6 Å². The zero-order valence-electron chi connectivity index (χ0n) is 31.7. The van der Waals surface area contributed by atoms with Gasteiger partial charge in [0.05, 0.1) is 34.3 Å². The molecule has 7 heteroatoms. The molecule has 58 heavy (non-hydrogen) atoms. The predicted octanol–water partition coefficient (Wildman–Crippen LogP) is 11.9. The molecular weight excluding hydrogens is 713 g/mol. The minimum Gasteiger partial charge on any atom is -0.456 e. The van der Waals surface area contributed by atoms with Gasteiger partial charge in [0.1, 0.15) is 17.0 Å². The van der Waals surface area contributed by atoms with Gasteiger partial charge in [0.2, 0.25) is 5.96 Å². The molecule has 0 saturated carbocycles. The van der Waals surface area contributed by atoms with Crippen LogP contribution >= 0.6 is 0 Å². The SMILES string of the molecule is CNC(=NC(=NCc1ccccc1)c1ccccc1)n1c2ccccc2c2c1ccc1c3ccccc3n(-c3cccc(-c4ccc5oc6ccccc6c5c4)n3)c12. The maximum Gasteiger partial charge on any atom is 0.209 e. The summed E-state index contributed by atoms with van der Waals surface area (Å²) in [5.74, 6) is 2.16. The molecule has 7 aromatic carbocycles. The van der Waals surface area contributed by atoms with Gasteiger partial charge in [-0.05, 0) is 60.2 Å². The van der Waals surface area contributed by atoms with E-state index in [1.807, 2.05) is 61.6 Å². The lowest BCUT2D eigenvalue weighted by Gasteiger charge is -2.13. The fraction of sp³-hybridized carbons (Fsp3) is 0.0392.